The second-order valence-electron chi connectivity index (χ2n) is 6.11. The first-order valence-electron chi connectivity index (χ1n) is 6.87. The van der Waals surface area contributed by atoms with E-state index in [9.17, 15) is 0 Å². The molecule has 0 saturated heterocycles. The van der Waals surface area contributed by atoms with Gasteiger partial charge in [-0.3, -0.25) is 5.41 Å². The summed E-state index contributed by atoms with van der Waals surface area (Å²) in [6, 6.07) is 6.55. The molecule has 106 valence electrons. The predicted octanol–water partition coefficient (Wildman–Crippen LogP) is 3.48. The summed E-state index contributed by atoms with van der Waals surface area (Å²) in [5, 5.41) is 7.57. The van der Waals surface area contributed by atoms with Crippen LogP contribution >= 0.6 is 0 Å². The van der Waals surface area contributed by atoms with Crippen molar-refractivity contribution in [1.29, 1.82) is 5.41 Å². The Bertz CT molecular complexity index is 449. The Morgan fingerprint density at radius 1 is 1.32 bits per heavy atom. The number of rotatable bonds is 6. The van der Waals surface area contributed by atoms with Crippen LogP contribution in [0, 0.1) is 24.7 Å². The highest BCUT2D eigenvalue weighted by molar-refractivity contribution is 5.82. The lowest BCUT2D eigenvalue weighted by Gasteiger charge is -2.26. The SMILES string of the molecule is Cc1ccc(N(C)CCCC(C)(C)C(=N)N)c(C)c1. The molecule has 0 fully saturated rings. The molecule has 0 aliphatic rings. The molecule has 0 saturated carbocycles. The number of nitrogens with two attached hydrogens (primary N) is 1. The molecule has 0 amide bonds. The van der Waals surface area contributed by atoms with E-state index in [-0.39, 0.29) is 11.3 Å². The normalized spacial score (nSPS) is 11.4. The van der Waals surface area contributed by atoms with Crippen molar-refractivity contribution in [1.82, 2.24) is 0 Å². The van der Waals surface area contributed by atoms with E-state index in [4.69, 9.17) is 11.1 Å². The zero-order chi connectivity index (χ0) is 14.6. The maximum absolute atomic E-state index is 7.57. The Hall–Kier alpha value is -1.51. The Labute approximate surface area is 117 Å². The highest BCUT2D eigenvalue weighted by Crippen LogP contribution is 2.24. The van der Waals surface area contributed by atoms with Crippen molar-refractivity contribution in [3.63, 3.8) is 0 Å². The van der Waals surface area contributed by atoms with E-state index in [0.717, 1.165) is 19.4 Å². The summed E-state index contributed by atoms with van der Waals surface area (Å²) in [5.74, 6) is 0.279. The van der Waals surface area contributed by atoms with Crippen LogP contribution in [0.15, 0.2) is 18.2 Å². The van der Waals surface area contributed by atoms with Crippen molar-refractivity contribution in [2.45, 2.75) is 40.5 Å². The molecule has 3 heteroatoms. The molecule has 19 heavy (non-hydrogen) atoms. The molecule has 1 aromatic rings. The van der Waals surface area contributed by atoms with Crippen molar-refractivity contribution >= 4 is 11.5 Å². The number of hydrogen-bond donors (Lipinski definition) is 2. The van der Waals surface area contributed by atoms with Gasteiger partial charge in [0.2, 0.25) is 0 Å². The van der Waals surface area contributed by atoms with Gasteiger partial charge in [0.1, 0.15) is 0 Å². The molecular weight excluding hydrogens is 234 g/mol. The van der Waals surface area contributed by atoms with Crippen molar-refractivity contribution in [2.24, 2.45) is 11.1 Å². The standard InChI is InChI=1S/C16H27N3/c1-12-7-8-14(13(2)11-12)19(5)10-6-9-16(3,4)15(17)18/h7-8,11H,6,9-10H2,1-5H3,(H3,17,18). The minimum Gasteiger partial charge on any atom is -0.387 e. The average Bonchev–Trinajstić information content (AvgIpc) is 2.28. The van der Waals surface area contributed by atoms with E-state index in [0.29, 0.717) is 0 Å². The van der Waals surface area contributed by atoms with E-state index < -0.39 is 0 Å². The Kier molecular flexibility index (Phi) is 4.98. The van der Waals surface area contributed by atoms with Gasteiger partial charge >= 0.3 is 0 Å². The summed E-state index contributed by atoms with van der Waals surface area (Å²) in [6.07, 6.45) is 1.98. The van der Waals surface area contributed by atoms with Gasteiger partial charge in [-0.05, 0) is 38.3 Å². The van der Waals surface area contributed by atoms with Crippen LogP contribution in [0.1, 0.15) is 37.8 Å². The van der Waals surface area contributed by atoms with E-state index in [1.165, 1.54) is 16.8 Å². The van der Waals surface area contributed by atoms with E-state index in [2.05, 4.69) is 44.0 Å². The second-order valence-corrected chi connectivity index (χ2v) is 6.11. The summed E-state index contributed by atoms with van der Waals surface area (Å²) in [5.41, 5.74) is 9.31. The van der Waals surface area contributed by atoms with E-state index >= 15 is 0 Å². The lowest BCUT2D eigenvalue weighted by atomic mass is 9.86. The molecule has 0 aliphatic heterocycles. The van der Waals surface area contributed by atoms with Crippen molar-refractivity contribution in [3.05, 3.63) is 29.3 Å². The van der Waals surface area contributed by atoms with Crippen LogP contribution in [0.3, 0.4) is 0 Å². The Morgan fingerprint density at radius 3 is 2.47 bits per heavy atom. The molecule has 0 atom stereocenters. The molecule has 0 heterocycles. The number of amidine groups is 1. The molecular formula is C16H27N3. The molecule has 0 unspecified atom stereocenters. The molecule has 0 bridgehead atoms. The van der Waals surface area contributed by atoms with Crippen molar-refractivity contribution < 1.29 is 0 Å². The first kappa shape index (κ1) is 15.5. The fourth-order valence-corrected chi connectivity index (χ4v) is 2.25. The van der Waals surface area contributed by atoms with Crippen LogP contribution in [0.5, 0.6) is 0 Å². The van der Waals surface area contributed by atoms with Crippen LogP contribution < -0.4 is 10.6 Å². The molecule has 0 aromatic heterocycles. The average molecular weight is 261 g/mol. The van der Waals surface area contributed by atoms with Gasteiger partial charge in [0, 0.05) is 24.7 Å². The fraction of sp³-hybridized carbons (Fsp3) is 0.562. The van der Waals surface area contributed by atoms with E-state index in [1.54, 1.807) is 0 Å². The van der Waals surface area contributed by atoms with Gasteiger partial charge in [0.05, 0.1) is 5.84 Å². The Balaban J connectivity index is 2.56. The third kappa shape index (κ3) is 4.27. The number of hydrogen-bond acceptors (Lipinski definition) is 2. The number of aryl methyl sites for hydroxylation is 2. The number of benzene rings is 1. The predicted molar refractivity (Wildman–Crippen MR) is 84.1 cm³/mol. The van der Waals surface area contributed by atoms with E-state index in [1.807, 2.05) is 13.8 Å². The lowest BCUT2D eigenvalue weighted by molar-refractivity contribution is 0.452. The monoisotopic (exact) mass is 261 g/mol. The maximum Gasteiger partial charge on any atom is 0.0963 e. The fourth-order valence-electron chi connectivity index (χ4n) is 2.25. The molecule has 0 spiro atoms. The summed E-state index contributed by atoms with van der Waals surface area (Å²) in [7, 11) is 2.12. The summed E-state index contributed by atoms with van der Waals surface area (Å²) < 4.78 is 0. The Morgan fingerprint density at radius 2 is 1.95 bits per heavy atom. The number of nitrogens with one attached hydrogen (secondary N) is 1. The highest BCUT2D eigenvalue weighted by atomic mass is 15.1. The van der Waals surface area contributed by atoms with Crippen LogP contribution in [-0.2, 0) is 0 Å². The molecule has 0 aliphatic carbocycles. The largest absolute Gasteiger partial charge is 0.387 e. The van der Waals surface area contributed by atoms with Gasteiger partial charge in [-0.2, -0.15) is 0 Å². The number of anilines is 1. The molecule has 1 rings (SSSR count). The second kappa shape index (κ2) is 6.09. The number of nitrogens with zero attached hydrogens (tertiary/aromatic N) is 1. The van der Waals surface area contributed by atoms with Crippen molar-refractivity contribution in [3.8, 4) is 0 Å². The third-order valence-electron chi connectivity index (χ3n) is 3.79. The first-order valence-corrected chi connectivity index (χ1v) is 6.87. The third-order valence-corrected chi connectivity index (χ3v) is 3.79. The van der Waals surface area contributed by atoms with Crippen LogP contribution in [0.4, 0.5) is 5.69 Å². The lowest BCUT2D eigenvalue weighted by Crippen LogP contribution is -2.32. The first-order chi connectivity index (χ1) is 8.74. The van der Waals surface area contributed by atoms with Crippen LogP contribution in [-0.4, -0.2) is 19.4 Å². The van der Waals surface area contributed by atoms with Gasteiger partial charge in [0.15, 0.2) is 0 Å². The van der Waals surface area contributed by atoms with Gasteiger partial charge in [0.25, 0.3) is 0 Å². The molecule has 1 aromatic carbocycles. The topological polar surface area (TPSA) is 53.1 Å². The maximum atomic E-state index is 7.57. The minimum absolute atomic E-state index is 0.191. The molecule has 0 radical (unpaired) electrons. The summed E-state index contributed by atoms with van der Waals surface area (Å²) >= 11 is 0. The minimum atomic E-state index is -0.191. The summed E-state index contributed by atoms with van der Waals surface area (Å²) in [6.45, 7) is 9.32. The summed E-state index contributed by atoms with van der Waals surface area (Å²) in [4.78, 5) is 2.28. The van der Waals surface area contributed by atoms with Gasteiger partial charge in [-0.15, -0.1) is 0 Å². The van der Waals surface area contributed by atoms with Gasteiger partial charge < -0.3 is 10.6 Å². The smallest absolute Gasteiger partial charge is 0.0963 e. The van der Waals surface area contributed by atoms with Gasteiger partial charge in [-0.25, -0.2) is 0 Å². The van der Waals surface area contributed by atoms with Crippen molar-refractivity contribution in [2.75, 3.05) is 18.5 Å². The van der Waals surface area contributed by atoms with Gasteiger partial charge in [-0.1, -0.05) is 31.5 Å². The molecule has 3 N–H and O–H groups in total. The quantitative estimate of drug-likeness (QED) is 0.608. The van der Waals surface area contributed by atoms with Crippen LogP contribution in [0.25, 0.3) is 0 Å². The highest BCUT2D eigenvalue weighted by Gasteiger charge is 2.21. The molecule has 3 nitrogen and oxygen atoms in total. The zero-order valence-electron chi connectivity index (χ0n) is 12.9. The van der Waals surface area contributed by atoms with Crippen LogP contribution in [0.2, 0.25) is 0 Å². The zero-order valence-corrected chi connectivity index (χ0v) is 12.9.